The fourth-order valence-electron chi connectivity index (χ4n) is 1.04. The van der Waals surface area contributed by atoms with Gasteiger partial charge in [-0.25, -0.2) is 0 Å². The van der Waals surface area contributed by atoms with Gasteiger partial charge in [-0.2, -0.15) is 0 Å². The first kappa shape index (κ1) is 12.8. The normalized spacial score (nSPS) is 21.2. The second-order valence-corrected chi connectivity index (χ2v) is 3.88. The van der Waals surface area contributed by atoms with Crippen LogP contribution in [-0.2, 0) is 0 Å². The molecule has 0 bridgehead atoms. The van der Waals surface area contributed by atoms with Crippen LogP contribution < -0.4 is 0 Å². The molecule has 0 unspecified atom stereocenters. The third-order valence-electron chi connectivity index (χ3n) is 2.25. The molecular weight excluding hydrogens is 172 g/mol. The van der Waals surface area contributed by atoms with Crippen molar-refractivity contribution >= 4 is 0 Å². The Morgan fingerprint density at radius 3 is 1.62 bits per heavy atom. The summed E-state index contributed by atoms with van der Waals surface area (Å²) in [6, 6.07) is 0. The zero-order valence-corrected chi connectivity index (χ0v) is 8.38. The van der Waals surface area contributed by atoms with Gasteiger partial charge in [0.1, 0.15) is 6.10 Å². The van der Waals surface area contributed by atoms with Crippen molar-refractivity contribution in [2.45, 2.75) is 39.1 Å². The lowest BCUT2D eigenvalue weighted by molar-refractivity contribution is -0.0979. The van der Waals surface area contributed by atoms with Gasteiger partial charge < -0.3 is 20.4 Å². The standard InChI is InChI=1S/C9H20O4/c1-5(2)7(11)9(13)8(12)6(3)4-10/h5-13H,4H2,1-3H3/t6-,7+,8-,9-/m1/s1. The van der Waals surface area contributed by atoms with Crippen LogP contribution in [0.4, 0.5) is 0 Å². The Morgan fingerprint density at radius 1 is 0.846 bits per heavy atom. The molecular formula is C9H20O4. The van der Waals surface area contributed by atoms with Gasteiger partial charge in [0.2, 0.25) is 0 Å². The molecule has 0 saturated carbocycles. The highest BCUT2D eigenvalue weighted by Gasteiger charge is 2.30. The van der Waals surface area contributed by atoms with E-state index in [0.717, 1.165) is 0 Å². The molecule has 0 spiro atoms. The molecule has 0 aromatic carbocycles. The van der Waals surface area contributed by atoms with Gasteiger partial charge in [0, 0.05) is 12.5 Å². The van der Waals surface area contributed by atoms with E-state index in [4.69, 9.17) is 5.11 Å². The monoisotopic (exact) mass is 192 g/mol. The van der Waals surface area contributed by atoms with Gasteiger partial charge in [-0.3, -0.25) is 0 Å². The van der Waals surface area contributed by atoms with Crippen molar-refractivity contribution in [2.24, 2.45) is 11.8 Å². The largest absolute Gasteiger partial charge is 0.396 e. The molecule has 0 fully saturated rings. The Kier molecular flexibility index (Phi) is 5.48. The molecule has 13 heavy (non-hydrogen) atoms. The maximum absolute atomic E-state index is 9.45. The Bertz CT molecular complexity index is 138. The quantitative estimate of drug-likeness (QED) is 0.467. The smallest absolute Gasteiger partial charge is 0.106 e. The minimum atomic E-state index is -1.19. The summed E-state index contributed by atoms with van der Waals surface area (Å²) in [4.78, 5) is 0. The SMILES string of the molecule is CC(C)[C@H](O)[C@@H](O)[C@H](O)[C@H](C)CO. The predicted molar refractivity (Wildman–Crippen MR) is 49.1 cm³/mol. The fraction of sp³-hybridized carbons (Fsp3) is 1.00. The second-order valence-electron chi connectivity index (χ2n) is 3.88. The van der Waals surface area contributed by atoms with Crippen LogP contribution in [0.2, 0.25) is 0 Å². The number of rotatable bonds is 5. The van der Waals surface area contributed by atoms with Crippen molar-refractivity contribution in [3.05, 3.63) is 0 Å². The van der Waals surface area contributed by atoms with Gasteiger partial charge in [0.15, 0.2) is 0 Å². The van der Waals surface area contributed by atoms with E-state index in [-0.39, 0.29) is 12.5 Å². The molecule has 4 N–H and O–H groups in total. The number of aliphatic hydroxyl groups excluding tert-OH is 4. The first-order valence-electron chi connectivity index (χ1n) is 4.56. The van der Waals surface area contributed by atoms with Crippen LogP contribution in [-0.4, -0.2) is 45.3 Å². The van der Waals surface area contributed by atoms with Crippen LogP contribution in [0.5, 0.6) is 0 Å². The summed E-state index contributed by atoms with van der Waals surface area (Å²) in [5, 5.41) is 37.0. The summed E-state index contributed by atoms with van der Waals surface area (Å²) < 4.78 is 0. The molecule has 0 heterocycles. The third-order valence-corrected chi connectivity index (χ3v) is 2.25. The molecule has 0 saturated heterocycles. The predicted octanol–water partition coefficient (Wildman–Crippen LogP) is -0.647. The molecule has 4 atom stereocenters. The Morgan fingerprint density at radius 2 is 1.31 bits per heavy atom. The zero-order valence-electron chi connectivity index (χ0n) is 8.38. The Balaban J connectivity index is 4.15. The van der Waals surface area contributed by atoms with Gasteiger partial charge in [-0.1, -0.05) is 20.8 Å². The average Bonchev–Trinajstić information content (AvgIpc) is 2.12. The maximum Gasteiger partial charge on any atom is 0.106 e. The van der Waals surface area contributed by atoms with E-state index in [1.54, 1.807) is 20.8 Å². The van der Waals surface area contributed by atoms with Crippen LogP contribution in [0.15, 0.2) is 0 Å². The first-order valence-corrected chi connectivity index (χ1v) is 4.56. The summed E-state index contributed by atoms with van der Waals surface area (Å²) in [5.41, 5.74) is 0. The highest BCUT2D eigenvalue weighted by atomic mass is 16.4. The molecule has 0 aliphatic carbocycles. The highest BCUT2D eigenvalue weighted by molar-refractivity contribution is 4.80. The maximum atomic E-state index is 9.45. The Labute approximate surface area is 78.8 Å². The van der Waals surface area contributed by atoms with Gasteiger partial charge in [0.25, 0.3) is 0 Å². The fourth-order valence-corrected chi connectivity index (χ4v) is 1.04. The molecule has 0 aromatic heterocycles. The van der Waals surface area contributed by atoms with E-state index in [0.29, 0.717) is 0 Å². The van der Waals surface area contributed by atoms with Crippen molar-refractivity contribution < 1.29 is 20.4 Å². The van der Waals surface area contributed by atoms with Crippen LogP contribution in [0.1, 0.15) is 20.8 Å². The molecule has 4 heteroatoms. The molecule has 0 radical (unpaired) electrons. The van der Waals surface area contributed by atoms with Crippen molar-refractivity contribution in [2.75, 3.05) is 6.61 Å². The van der Waals surface area contributed by atoms with Crippen molar-refractivity contribution in [1.82, 2.24) is 0 Å². The van der Waals surface area contributed by atoms with E-state index in [1.165, 1.54) is 0 Å². The van der Waals surface area contributed by atoms with Crippen molar-refractivity contribution in [3.63, 3.8) is 0 Å². The molecule has 0 aliphatic heterocycles. The topological polar surface area (TPSA) is 80.9 Å². The van der Waals surface area contributed by atoms with Gasteiger partial charge in [0.05, 0.1) is 12.2 Å². The Hall–Kier alpha value is -0.160. The summed E-state index contributed by atoms with van der Waals surface area (Å²) in [5.74, 6) is -0.543. The molecule has 0 aromatic rings. The summed E-state index contributed by atoms with van der Waals surface area (Å²) in [6.45, 7) is 4.92. The lowest BCUT2D eigenvalue weighted by Crippen LogP contribution is -2.44. The van der Waals surface area contributed by atoms with Gasteiger partial charge in [-0.05, 0) is 5.92 Å². The second kappa shape index (κ2) is 5.54. The lowest BCUT2D eigenvalue weighted by atomic mass is 9.92. The summed E-state index contributed by atoms with van der Waals surface area (Å²) >= 11 is 0. The van der Waals surface area contributed by atoms with E-state index in [1.807, 2.05) is 0 Å². The van der Waals surface area contributed by atoms with Crippen molar-refractivity contribution in [3.8, 4) is 0 Å². The van der Waals surface area contributed by atoms with Crippen LogP contribution in [0.3, 0.4) is 0 Å². The third kappa shape index (κ3) is 3.60. The molecule has 0 amide bonds. The highest BCUT2D eigenvalue weighted by Crippen LogP contribution is 2.14. The summed E-state index contributed by atoms with van der Waals surface area (Å²) in [7, 11) is 0. The van der Waals surface area contributed by atoms with E-state index in [2.05, 4.69) is 0 Å². The van der Waals surface area contributed by atoms with Crippen LogP contribution >= 0.6 is 0 Å². The lowest BCUT2D eigenvalue weighted by Gasteiger charge is -2.28. The first-order chi connectivity index (χ1) is 5.91. The minimum Gasteiger partial charge on any atom is -0.396 e. The minimum absolute atomic E-state index is 0.115. The number of hydrogen-bond donors (Lipinski definition) is 4. The van der Waals surface area contributed by atoms with E-state index >= 15 is 0 Å². The van der Waals surface area contributed by atoms with Crippen molar-refractivity contribution in [1.29, 1.82) is 0 Å². The summed E-state index contributed by atoms with van der Waals surface area (Å²) in [6.07, 6.45) is -3.23. The van der Waals surface area contributed by atoms with Gasteiger partial charge >= 0.3 is 0 Å². The van der Waals surface area contributed by atoms with Crippen LogP contribution in [0, 0.1) is 11.8 Å². The average molecular weight is 192 g/mol. The number of aliphatic hydroxyl groups is 4. The number of hydrogen-bond acceptors (Lipinski definition) is 4. The van der Waals surface area contributed by atoms with E-state index < -0.39 is 24.2 Å². The molecule has 0 rings (SSSR count). The van der Waals surface area contributed by atoms with E-state index in [9.17, 15) is 15.3 Å². The van der Waals surface area contributed by atoms with Gasteiger partial charge in [-0.15, -0.1) is 0 Å². The molecule has 80 valence electrons. The van der Waals surface area contributed by atoms with Crippen LogP contribution in [0.25, 0.3) is 0 Å². The molecule has 0 aliphatic rings. The molecule has 4 nitrogen and oxygen atoms in total. The zero-order chi connectivity index (χ0) is 10.6.